The molecule has 0 spiro atoms. The molecular formula is C21H22BrN3O2. The smallest absolute Gasteiger partial charge is 0.269 e. The number of nitrogens with two attached hydrogens (primary N) is 1. The molecule has 140 valence electrons. The van der Waals surface area contributed by atoms with Crippen LogP contribution in [0.3, 0.4) is 0 Å². The molecule has 1 aliphatic rings. The fourth-order valence-electron chi connectivity index (χ4n) is 4.32. The van der Waals surface area contributed by atoms with Crippen LogP contribution in [-0.2, 0) is 18.4 Å². The average molecular weight is 428 g/mol. The Kier molecular flexibility index (Phi) is 4.35. The molecule has 4 rings (SSSR count). The number of non-ortho nitro benzene ring substituents is 1. The number of rotatable bonds is 3. The van der Waals surface area contributed by atoms with Crippen molar-refractivity contribution in [3.8, 4) is 0 Å². The van der Waals surface area contributed by atoms with Gasteiger partial charge in [-0.05, 0) is 74.6 Å². The first kappa shape index (κ1) is 18.2. The van der Waals surface area contributed by atoms with Gasteiger partial charge in [0, 0.05) is 39.2 Å². The molecule has 5 nitrogen and oxygen atoms in total. The van der Waals surface area contributed by atoms with E-state index in [2.05, 4.69) is 52.5 Å². The zero-order valence-corrected chi connectivity index (χ0v) is 17.0. The topological polar surface area (TPSA) is 74.1 Å². The molecule has 0 saturated carbocycles. The van der Waals surface area contributed by atoms with Crippen molar-refractivity contribution in [2.45, 2.75) is 44.7 Å². The number of fused-ring (bicyclic) bond motifs is 3. The van der Waals surface area contributed by atoms with Gasteiger partial charge in [0.1, 0.15) is 0 Å². The van der Waals surface area contributed by atoms with Gasteiger partial charge >= 0.3 is 0 Å². The fraction of sp³-hybridized carbons (Fsp3) is 0.333. The van der Waals surface area contributed by atoms with Gasteiger partial charge in [-0.1, -0.05) is 15.9 Å². The lowest BCUT2D eigenvalue weighted by atomic mass is 9.90. The molecule has 0 bridgehead atoms. The zero-order chi connectivity index (χ0) is 19.3. The van der Waals surface area contributed by atoms with E-state index in [0.717, 1.165) is 29.3 Å². The monoisotopic (exact) mass is 427 g/mol. The predicted octanol–water partition coefficient (Wildman–Crippen LogP) is 4.91. The Labute approximate surface area is 166 Å². The highest BCUT2D eigenvalue weighted by molar-refractivity contribution is 9.10. The van der Waals surface area contributed by atoms with Crippen LogP contribution in [0.4, 0.5) is 5.69 Å². The van der Waals surface area contributed by atoms with Gasteiger partial charge < -0.3 is 10.3 Å². The molecule has 6 heteroatoms. The van der Waals surface area contributed by atoms with Gasteiger partial charge in [0.25, 0.3) is 5.69 Å². The van der Waals surface area contributed by atoms with Crippen LogP contribution >= 0.6 is 15.9 Å². The van der Waals surface area contributed by atoms with Crippen molar-refractivity contribution < 1.29 is 4.92 Å². The van der Waals surface area contributed by atoms with Gasteiger partial charge in [0.2, 0.25) is 0 Å². The highest BCUT2D eigenvalue weighted by Crippen LogP contribution is 2.40. The van der Waals surface area contributed by atoms with Crippen molar-refractivity contribution in [2.24, 2.45) is 5.73 Å². The number of benzene rings is 2. The first-order valence-electron chi connectivity index (χ1n) is 9.11. The highest BCUT2D eigenvalue weighted by Gasteiger charge is 2.32. The first-order valence-corrected chi connectivity index (χ1v) is 9.91. The van der Waals surface area contributed by atoms with Gasteiger partial charge in [-0.25, -0.2) is 0 Å². The molecule has 0 aliphatic heterocycles. The van der Waals surface area contributed by atoms with E-state index in [4.69, 9.17) is 5.73 Å². The Hall–Kier alpha value is -2.18. The maximum absolute atomic E-state index is 11.0. The molecule has 3 aromatic rings. The second kappa shape index (κ2) is 6.46. The standard InChI is InChI=1S/C21H22BrN3O2/c1-21(2,13-3-7-16(8-4-13)25(26)27)24-19-9-5-14(22)11-17(19)18-12-15(23)6-10-20(18)24/h3-5,7-9,11,15H,6,10,12,23H2,1-2H3/t15-/m0/s1. The predicted molar refractivity (Wildman–Crippen MR) is 111 cm³/mol. The van der Waals surface area contributed by atoms with Crippen LogP contribution in [-0.4, -0.2) is 15.5 Å². The SMILES string of the molecule is CC(C)(c1ccc([N+](=O)[O-])cc1)n1c2c(c3cc(Br)ccc31)C[C@@H](N)CC2. The van der Waals surface area contributed by atoms with Gasteiger partial charge in [0.15, 0.2) is 0 Å². The van der Waals surface area contributed by atoms with Crippen molar-refractivity contribution in [1.29, 1.82) is 0 Å². The van der Waals surface area contributed by atoms with Crippen molar-refractivity contribution in [2.75, 3.05) is 0 Å². The van der Waals surface area contributed by atoms with Crippen LogP contribution in [0.2, 0.25) is 0 Å². The molecule has 1 aromatic heterocycles. The summed E-state index contributed by atoms with van der Waals surface area (Å²) in [6, 6.07) is 13.5. The summed E-state index contributed by atoms with van der Waals surface area (Å²) in [5.41, 5.74) is 10.9. The molecule has 0 unspecified atom stereocenters. The number of halogens is 1. The second-order valence-electron chi connectivity index (χ2n) is 7.79. The van der Waals surface area contributed by atoms with E-state index >= 15 is 0 Å². The largest absolute Gasteiger partial charge is 0.335 e. The number of nitro groups is 1. The Balaban J connectivity index is 1.93. The number of hydrogen-bond acceptors (Lipinski definition) is 3. The molecule has 2 N–H and O–H groups in total. The third-order valence-electron chi connectivity index (χ3n) is 5.70. The summed E-state index contributed by atoms with van der Waals surface area (Å²) in [7, 11) is 0. The molecule has 1 aliphatic carbocycles. The van der Waals surface area contributed by atoms with Crippen molar-refractivity contribution in [1.82, 2.24) is 4.57 Å². The summed E-state index contributed by atoms with van der Waals surface area (Å²) in [5.74, 6) is 0. The molecule has 2 aromatic carbocycles. The lowest BCUT2D eigenvalue weighted by Gasteiger charge is -2.33. The van der Waals surface area contributed by atoms with Crippen molar-refractivity contribution >= 4 is 32.5 Å². The molecule has 0 saturated heterocycles. The van der Waals surface area contributed by atoms with Crippen LogP contribution in [0.1, 0.15) is 37.1 Å². The van der Waals surface area contributed by atoms with Crippen molar-refractivity contribution in [3.63, 3.8) is 0 Å². The first-order chi connectivity index (χ1) is 12.8. The average Bonchev–Trinajstić information content (AvgIpc) is 2.95. The number of nitrogens with zero attached hydrogens (tertiary/aromatic N) is 2. The van der Waals surface area contributed by atoms with Gasteiger partial charge in [-0.3, -0.25) is 10.1 Å². The maximum atomic E-state index is 11.0. The van der Waals surface area contributed by atoms with E-state index in [0.29, 0.717) is 0 Å². The Morgan fingerprint density at radius 3 is 2.59 bits per heavy atom. The molecule has 27 heavy (non-hydrogen) atoms. The molecule has 1 atom stereocenters. The Bertz CT molecular complexity index is 1040. The van der Waals surface area contributed by atoms with Crippen LogP contribution in [0, 0.1) is 10.1 Å². The summed E-state index contributed by atoms with van der Waals surface area (Å²) in [6.45, 7) is 4.34. The summed E-state index contributed by atoms with van der Waals surface area (Å²) in [4.78, 5) is 10.6. The lowest BCUT2D eigenvalue weighted by molar-refractivity contribution is -0.384. The summed E-state index contributed by atoms with van der Waals surface area (Å²) in [6.07, 6.45) is 2.80. The third kappa shape index (κ3) is 2.97. The molecule has 0 amide bonds. The van der Waals surface area contributed by atoms with Crippen LogP contribution in [0.25, 0.3) is 10.9 Å². The van der Waals surface area contributed by atoms with Gasteiger partial charge in [-0.2, -0.15) is 0 Å². The van der Waals surface area contributed by atoms with Gasteiger partial charge in [-0.15, -0.1) is 0 Å². The normalized spacial score (nSPS) is 17.1. The van der Waals surface area contributed by atoms with E-state index in [1.54, 1.807) is 12.1 Å². The fourth-order valence-corrected chi connectivity index (χ4v) is 4.68. The quantitative estimate of drug-likeness (QED) is 0.476. The lowest BCUT2D eigenvalue weighted by Crippen LogP contribution is -2.33. The van der Waals surface area contributed by atoms with E-state index in [-0.39, 0.29) is 22.2 Å². The van der Waals surface area contributed by atoms with E-state index in [1.165, 1.54) is 22.2 Å². The summed E-state index contributed by atoms with van der Waals surface area (Å²) >= 11 is 3.60. The molecule has 1 heterocycles. The van der Waals surface area contributed by atoms with Crippen LogP contribution in [0.15, 0.2) is 46.9 Å². The minimum atomic E-state index is -0.359. The minimum absolute atomic E-state index is 0.115. The third-order valence-corrected chi connectivity index (χ3v) is 6.20. The van der Waals surface area contributed by atoms with E-state index < -0.39 is 0 Å². The van der Waals surface area contributed by atoms with Crippen LogP contribution < -0.4 is 5.73 Å². The van der Waals surface area contributed by atoms with Gasteiger partial charge in [0.05, 0.1) is 10.5 Å². The minimum Gasteiger partial charge on any atom is -0.335 e. The molecular weight excluding hydrogens is 406 g/mol. The Morgan fingerprint density at radius 2 is 1.93 bits per heavy atom. The number of nitro benzene ring substituents is 1. The molecule has 0 radical (unpaired) electrons. The second-order valence-corrected chi connectivity index (χ2v) is 8.70. The molecule has 0 fully saturated rings. The van der Waals surface area contributed by atoms with Crippen LogP contribution in [0.5, 0.6) is 0 Å². The summed E-state index contributed by atoms with van der Waals surface area (Å²) < 4.78 is 3.46. The zero-order valence-electron chi connectivity index (χ0n) is 15.4. The van der Waals surface area contributed by atoms with E-state index in [9.17, 15) is 10.1 Å². The maximum Gasteiger partial charge on any atom is 0.269 e. The number of aromatic nitrogens is 1. The number of hydrogen-bond donors (Lipinski definition) is 1. The highest BCUT2D eigenvalue weighted by atomic mass is 79.9. The van der Waals surface area contributed by atoms with E-state index in [1.807, 2.05) is 12.1 Å². The summed E-state index contributed by atoms with van der Waals surface area (Å²) in [5, 5.41) is 12.2. The van der Waals surface area contributed by atoms with Crippen molar-refractivity contribution in [3.05, 3.63) is 73.9 Å². The Morgan fingerprint density at radius 1 is 1.22 bits per heavy atom.